The van der Waals surface area contributed by atoms with Crippen molar-refractivity contribution in [1.29, 1.82) is 0 Å². The van der Waals surface area contributed by atoms with Crippen LogP contribution in [0.2, 0.25) is 5.15 Å². The molecule has 1 nitrogen and oxygen atoms in total. The van der Waals surface area contributed by atoms with Gasteiger partial charge in [0.15, 0.2) is 0 Å². The van der Waals surface area contributed by atoms with Crippen LogP contribution in [0.3, 0.4) is 0 Å². The highest BCUT2D eigenvalue weighted by atomic mass is 79.9. The van der Waals surface area contributed by atoms with E-state index in [1.807, 2.05) is 0 Å². The Morgan fingerprint density at radius 2 is 1.92 bits per heavy atom. The third-order valence-corrected chi connectivity index (χ3v) is 3.31. The second kappa shape index (κ2) is 3.35. The summed E-state index contributed by atoms with van der Waals surface area (Å²) in [5, 5.41) is 0.688. The molecule has 0 radical (unpaired) electrons. The van der Waals surface area contributed by atoms with Crippen LogP contribution in [0.4, 0.5) is 0 Å². The van der Waals surface area contributed by atoms with Crippen molar-refractivity contribution < 1.29 is 0 Å². The summed E-state index contributed by atoms with van der Waals surface area (Å²) >= 11 is 9.48. The van der Waals surface area contributed by atoms with Gasteiger partial charge in [0.1, 0.15) is 5.15 Å². The van der Waals surface area contributed by atoms with Gasteiger partial charge in [0, 0.05) is 10.7 Å². The van der Waals surface area contributed by atoms with Gasteiger partial charge >= 0.3 is 0 Å². The summed E-state index contributed by atoms with van der Waals surface area (Å²) in [7, 11) is 0. The molecular weight excluding hydrogens is 237 g/mol. The van der Waals surface area contributed by atoms with Crippen LogP contribution in [0, 0.1) is 0 Å². The molecule has 2 rings (SSSR count). The number of hydrogen-bond donors (Lipinski definition) is 0. The molecule has 0 unspecified atom stereocenters. The fourth-order valence-electron chi connectivity index (χ4n) is 1.67. The maximum absolute atomic E-state index is 5.98. The van der Waals surface area contributed by atoms with E-state index in [0.29, 0.717) is 5.15 Å². The van der Waals surface area contributed by atoms with Crippen LogP contribution in [0.25, 0.3) is 0 Å². The van der Waals surface area contributed by atoms with E-state index in [9.17, 15) is 0 Å². The van der Waals surface area contributed by atoms with Crippen molar-refractivity contribution in [2.24, 2.45) is 0 Å². The Morgan fingerprint density at radius 3 is 2.58 bits per heavy atom. The molecule has 3 heteroatoms. The van der Waals surface area contributed by atoms with E-state index in [-0.39, 0.29) is 0 Å². The lowest BCUT2D eigenvalue weighted by molar-refractivity contribution is 0.679. The SMILES string of the molecule is Clc1ncc(Br)c2c1CCCC2. The monoisotopic (exact) mass is 245 g/mol. The van der Waals surface area contributed by atoms with Gasteiger partial charge < -0.3 is 0 Å². The molecule has 0 atom stereocenters. The first kappa shape index (κ1) is 8.52. The van der Waals surface area contributed by atoms with Crippen LogP contribution in [0.15, 0.2) is 10.7 Å². The van der Waals surface area contributed by atoms with E-state index in [0.717, 1.165) is 17.3 Å². The van der Waals surface area contributed by atoms with Crippen LogP contribution in [-0.2, 0) is 12.8 Å². The van der Waals surface area contributed by atoms with E-state index >= 15 is 0 Å². The smallest absolute Gasteiger partial charge is 0.132 e. The summed E-state index contributed by atoms with van der Waals surface area (Å²) in [4.78, 5) is 4.11. The second-order valence-corrected chi connectivity index (χ2v) is 4.27. The maximum atomic E-state index is 5.98. The van der Waals surface area contributed by atoms with Crippen molar-refractivity contribution in [3.05, 3.63) is 26.9 Å². The molecule has 0 amide bonds. The first-order valence-electron chi connectivity index (χ1n) is 4.11. The summed E-state index contributed by atoms with van der Waals surface area (Å²) in [6.45, 7) is 0. The van der Waals surface area contributed by atoms with Crippen molar-refractivity contribution in [2.75, 3.05) is 0 Å². The van der Waals surface area contributed by atoms with Crippen LogP contribution >= 0.6 is 27.5 Å². The van der Waals surface area contributed by atoms with Crippen LogP contribution in [-0.4, -0.2) is 4.98 Å². The molecule has 1 aromatic rings. The first-order chi connectivity index (χ1) is 5.79. The summed E-state index contributed by atoms with van der Waals surface area (Å²) in [5.41, 5.74) is 2.61. The molecule has 0 saturated heterocycles. The average molecular weight is 247 g/mol. The summed E-state index contributed by atoms with van der Waals surface area (Å²) in [5.74, 6) is 0. The maximum Gasteiger partial charge on any atom is 0.132 e. The summed E-state index contributed by atoms with van der Waals surface area (Å²) in [6, 6.07) is 0. The van der Waals surface area contributed by atoms with Crippen molar-refractivity contribution in [3.63, 3.8) is 0 Å². The lowest BCUT2D eigenvalue weighted by Crippen LogP contribution is -2.05. The zero-order valence-corrected chi connectivity index (χ0v) is 8.95. The fraction of sp³-hybridized carbons (Fsp3) is 0.444. The van der Waals surface area contributed by atoms with Gasteiger partial charge in [-0.15, -0.1) is 0 Å². The molecule has 64 valence electrons. The highest BCUT2D eigenvalue weighted by Gasteiger charge is 2.15. The predicted octanol–water partition coefficient (Wildman–Crippen LogP) is 3.38. The second-order valence-electron chi connectivity index (χ2n) is 3.06. The van der Waals surface area contributed by atoms with Gasteiger partial charge in [-0.1, -0.05) is 11.6 Å². The Kier molecular flexibility index (Phi) is 2.37. The van der Waals surface area contributed by atoms with Crippen molar-refractivity contribution in [1.82, 2.24) is 4.98 Å². The van der Waals surface area contributed by atoms with Gasteiger partial charge in [-0.05, 0) is 52.7 Å². The third-order valence-electron chi connectivity index (χ3n) is 2.30. The van der Waals surface area contributed by atoms with Gasteiger partial charge in [0.25, 0.3) is 0 Å². The van der Waals surface area contributed by atoms with Crippen molar-refractivity contribution in [2.45, 2.75) is 25.7 Å². The Hall–Kier alpha value is -0.0800. The number of hydrogen-bond acceptors (Lipinski definition) is 1. The minimum absolute atomic E-state index is 0.688. The van der Waals surface area contributed by atoms with Gasteiger partial charge in [-0.3, -0.25) is 0 Å². The van der Waals surface area contributed by atoms with Gasteiger partial charge in [0.2, 0.25) is 0 Å². The number of halogens is 2. The fourth-order valence-corrected chi connectivity index (χ4v) is 2.46. The quantitative estimate of drug-likeness (QED) is 0.640. The summed E-state index contributed by atoms with van der Waals surface area (Å²) < 4.78 is 1.11. The Balaban J connectivity index is 2.57. The van der Waals surface area contributed by atoms with Crippen LogP contribution in [0.5, 0.6) is 0 Å². The number of fused-ring (bicyclic) bond motifs is 1. The highest BCUT2D eigenvalue weighted by Crippen LogP contribution is 2.31. The van der Waals surface area contributed by atoms with E-state index < -0.39 is 0 Å². The molecule has 0 N–H and O–H groups in total. The van der Waals surface area contributed by atoms with E-state index in [1.165, 1.54) is 24.0 Å². The molecule has 0 fully saturated rings. The molecule has 1 aliphatic carbocycles. The van der Waals surface area contributed by atoms with E-state index in [1.54, 1.807) is 6.20 Å². The minimum atomic E-state index is 0.688. The largest absolute Gasteiger partial charge is 0.243 e. The molecule has 0 bridgehead atoms. The molecule has 0 aromatic carbocycles. The molecule has 1 heterocycles. The predicted molar refractivity (Wildman–Crippen MR) is 53.6 cm³/mol. The Bertz CT molecular complexity index is 281. The lowest BCUT2D eigenvalue weighted by Gasteiger charge is -2.17. The molecule has 1 aromatic heterocycles. The van der Waals surface area contributed by atoms with Gasteiger partial charge in [0.05, 0.1) is 0 Å². The number of nitrogens with zero attached hydrogens (tertiary/aromatic N) is 1. The standard InChI is InChI=1S/C9H9BrClN/c10-8-5-12-9(11)7-4-2-1-3-6(7)8/h5H,1-4H2. The molecule has 12 heavy (non-hydrogen) atoms. The molecular formula is C9H9BrClN. The van der Waals surface area contributed by atoms with Crippen LogP contribution in [0.1, 0.15) is 24.0 Å². The number of pyridine rings is 1. The third kappa shape index (κ3) is 1.38. The summed E-state index contributed by atoms with van der Waals surface area (Å²) in [6.07, 6.45) is 6.53. The number of rotatable bonds is 0. The normalized spacial score (nSPS) is 15.8. The highest BCUT2D eigenvalue weighted by molar-refractivity contribution is 9.10. The molecule has 1 aliphatic rings. The molecule has 0 aliphatic heterocycles. The minimum Gasteiger partial charge on any atom is -0.243 e. The number of aromatic nitrogens is 1. The zero-order valence-electron chi connectivity index (χ0n) is 6.61. The van der Waals surface area contributed by atoms with Crippen molar-refractivity contribution >= 4 is 27.5 Å². The average Bonchev–Trinajstić information content (AvgIpc) is 2.12. The van der Waals surface area contributed by atoms with E-state index in [2.05, 4.69) is 20.9 Å². The van der Waals surface area contributed by atoms with Gasteiger partial charge in [-0.2, -0.15) is 0 Å². The van der Waals surface area contributed by atoms with E-state index in [4.69, 9.17) is 11.6 Å². The first-order valence-corrected chi connectivity index (χ1v) is 5.28. The Labute approximate surface area is 85.3 Å². The zero-order chi connectivity index (χ0) is 8.55. The van der Waals surface area contributed by atoms with Gasteiger partial charge in [-0.25, -0.2) is 4.98 Å². The molecule has 0 saturated carbocycles. The Morgan fingerprint density at radius 1 is 1.25 bits per heavy atom. The van der Waals surface area contributed by atoms with Crippen LogP contribution < -0.4 is 0 Å². The lowest BCUT2D eigenvalue weighted by atomic mass is 9.94. The van der Waals surface area contributed by atoms with Crippen molar-refractivity contribution in [3.8, 4) is 0 Å². The molecule has 0 spiro atoms. The topological polar surface area (TPSA) is 12.9 Å².